The smallest absolute Gasteiger partial charge is 0.257 e. The van der Waals surface area contributed by atoms with Crippen LogP contribution in [0.2, 0.25) is 0 Å². The second kappa shape index (κ2) is 8.22. The molecule has 0 aromatic heterocycles. The maximum Gasteiger partial charge on any atom is 0.257 e. The van der Waals surface area contributed by atoms with Crippen LogP contribution in [0.4, 0.5) is 25.8 Å². The van der Waals surface area contributed by atoms with Crippen LogP contribution in [-0.4, -0.2) is 43.5 Å². The second-order valence-corrected chi connectivity index (χ2v) is 7.25. The number of likely N-dealkylation sites (N-methyl/N-ethyl adjacent to an activating group) is 1. The first-order valence-corrected chi connectivity index (χ1v) is 9.51. The molecule has 1 aliphatic heterocycles. The lowest BCUT2D eigenvalue weighted by Gasteiger charge is -2.36. The summed E-state index contributed by atoms with van der Waals surface area (Å²) in [4.78, 5) is 17.3. The van der Waals surface area contributed by atoms with Crippen molar-refractivity contribution in [3.05, 3.63) is 52.0 Å². The van der Waals surface area contributed by atoms with Crippen LogP contribution in [0.25, 0.3) is 0 Å². The molecule has 1 aliphatic rings. The number of amides is 1. The maximum atomic E-state index is 14.1. The lowest BCUT2D eigenvalue weighted by molar-refractivity contribution is 0.102. The molecule has 1 saturated heterocycles. The number of carbonyl (C=O) groups is 1. The number of nitrogens with zero attached hydrogens (tertiary/aromatic N) is 2. The van der Waals surface area contributed by atoms with Gasteiger partial charge in [0.05, 0.1) is 11.3 Å². The van der Waals surface area contributed by atoms with E-state index in [0.29, 0.717) is 11.3 Å². The van der Waals surface area contributed by atoms with Crippen molar-refractivity contribution in [3.63, 3.8) is 0 Å². The van der Waals surface area contributed by atoms with Gasteiger partial charge in [0.25, 0.3) is 5.91 Å². The van der Waals surface area contributed by atoms with Gasteiger partial charge < -0.3 is 20.9 Å². The highest BCUT2D eigenvalue weighted by Crippen LogP contribution is 2.30. The van der Waals surface area contributed by atoms with Crippen LogP contribution in [0.5, 0.6) is 0 Å². The minimum absolute atomic E-state index is 0.106. The summed E-state index contributed by atoms with van der Waals surface area (Å²) in [6, 6.07) is 6.95. The molecule has 144 valence electrons. The van der Waals surface area contributed by atoms with E-state index >= 15 is 0 Å². The largest absolute Gasteiger partial charge is 0.399 e. The molecule has 1 heterocycles. The molecule has 5 nitrogen and oxygen atoms in total. The highest BCUT2D eigenvalue weighted by atomic mass is 79.9. The highest BCUT2D eigenvalue weighted by Gasteiger charge is 2.22. The molecule has 0 spiro atoms. The molecule has 2 aromatic rings. The van der Waals surface area contributed by atoms with Crippen molar-refractivity contribution in [1.29, 1.82) is 0 Å². The van der Waals surface area contributed by atoms with E-state index in [2.05, 4.69) is 38.0 Å². The normalized spacial score (nSPS) is 15.0. The first-order valence-electron chi connectivity index (χ1n) is 8.71. The number of hydrogen-bond donors (Lipinski definition) is 2. The molecule has 2 aromatic carbocycles. The third-order valence-corrected chi connectivity index (χ3v) is 5.30. The van der Waals surface area contributed by atoms with E-state index in [4.69, 9.17) is 5.73 Å². The van der Waals surface area contributed by atoms with Crippen molar-refractivity contribution in [2.45, 2.75) is 6.92 Å². The molecule has 27 heavy (non-hydrogen) atoms. The van der Waals surface area contributed by atoms with Crippen LogP contribution >= 0.6 is 15.9 Å². The Hall–Kier alpha value is -2.19. The predicted molar refractivity (Wildman–Crippen MR) is 107 cm³/mol. The summed E-state index contributed by atoms with van der Waals surface area (Å²) in [7, 11) is 0. The van der Waals surface area contributed by atoms with Crippen molar-refractivity contribution in [3.8, 4) is 0 Å². The van der Waals surface area contributed by atoms with E-state index in [9.17, 15) is 13.6 Å². The van der Waals surface area contributed by atoms with Gasteiger partial charge in [-0.05, 0) is 46.7 Å². The fourth-order valence-corrected chi connectivity index (χ4v) is 3.67. The number of piperazine rings is 1. The van der Waals surface area contributed by atoms with Crippen LogP contribution in [0, 0.1) is 11.6 Å². The van der Waals surface area contributed by atoms with Gasteiger partial charge in [-0.25, -0.2) is 8.78 Å². The summed E-state index contributed by atoms with van der Waals surface area (Å²) in [6.07, 6.45) is 0. The number of rotatable bonds is 4. The number of halogens is 3. The molecule has 3 rings (SSSR count). The predicted octanol–water partition coefficient (Wildman–Crippen LogP) is 3.70. The Balaban J connectivity index is 1.88. The second-order valence-electron chi connectivity index (χ2n) is 6.40. The van der Waals surface area contributed by atoms with E-state index in [-0.39, 0.29) is 10.2 Å². The minimum atomic E-state index is -0.850. The van der Waals surface area contributed by atoms with Crippen LogP contribution in [0.15, 0.2) is 34.8 Å². The Morgan fingerprint density at radius 2 is 1.89 bits per heavy atom. The molecule has 0 bridgehead atoms. The molecule has 0 aliphatic carbocycles. The summed E-state index contributed by atoms with van der Waals surface area (Å²) in [5, 5.41) is 2.53. The zero-order chi connectivity index (χ0) is 19.6. The van der Waals surface area contributed by atoms with Gasteiger partial charge in [0.1, 0.15) is 5.82 Å². The first-order chi connectivity index (χ1) is 12.9. The Bertz CT molecular complexity index is 831. The van der Waals surface area contributed by atoms with E-state index in [0.717, 1.165) is 50.5 Å². The van der Waals surface area contributed by atoms with Gasteiger partial charge in [-0.1, -0.05) is 6.92 Å². The van der Waals surface area contributed by atoms with Crippen molar-refractivity contribution in [1.82, 2.24) is 4.90 Å². The molecule has 0 unspecified atom stereocenters. The van der Waals surface area contributed by atoms with Crippen molar-refractivity contribution >= 4 is 38.9 Å². The number of anilines is 3. The van der Waals surface area contributed by atoms with Gasteiger partial charge in [0.15, 0.2) is 5.82 Å². The molecule has 0 atom stereocenters. The van der Waals surface area contributed by atoms with Gasteiger partial charge in [-0.2, -0.15) is 0 Å². The van der Waals surface area contributed by atoms with E-state index < -0.39 is 17.5 Å². The first kappa shape index (κ1) is 19.6. The van der Waals surface area contributed by atoms with E-state index in [1.165, 1.54) is 0 Å². The number of nitrogens with two attached hydrogens (primary N) is 1. The third-order valence-electron chi connectivity index (χ3n) is 4.67. The summed E-state index contributed by atoms with van der Waals surface area (Å²) in [5.41, 5.74) is 7.31. The Kier molecular flexibility index (Phi) is 5.96. The molecule has 3 N–H and O–H groups in total. The van der Waals surface area contributed by atoms with Crippen LogP contribution in [-0.2, 0) is 0 Å². The lowest BCUT2D eigenvalue weighted by Crippen LogP contribution is -2.46. The van der Waals surface area contributed by atoms with Gasteiger partial charge in [0.2, 0.25) is 0 Å². The molecule has 8 heteroatoms. The molecule has 0 saturated carbocycles. The fourth-order valence-electron chi connectivity index (χ4n) is 3.16. The SMILES string of the molecule is CCN1CCN(c2ccc(N)cc2C(=O)Nc2c(F)cc(F)cc2Br)CC1. The van der Waals surface area contributed by atoms with Crippen molar-refractivity contribution in [2.75, 3.05) is 48.7 Å². The van der Waals surface area contributed by atoms with Gasteiger partial charge >= 0.3 is 0 Å². The minimum Gasteiger partial charge on any atom is -0.399 e. The van der Waals surface area contributed by atoms with Crippen LogP contribution < -0.4 is 16.0 Å². The van der Waals surface area contributed by atoms with Crippen molar-refractivity contribution in [2.24, 2.45) is 0 Å². The monoisotopic (exact) mass is 438 g/mol. The zero-order valence-corrected chi connectivity index (χ0v) is 16.5. The topological polar surface area (TPSA) is 61.6 Å². The highest BCUT2D eigenvalue weighted by molar-refractivity contribution is 9.10. The number of carbonyl (C=O) groups excluding carboxylic acids is 1. The standard InChI is InChI=1S/C19H21BrF2N4O/c1-2-25-5-7-26(8-6-25)17-4-3-13(23)11-14(17)19(27)24-18-15(20)9-12(21)10-16(18)22/h3-4,9-11H,2,5-8,23H2,1H3,(H,24,27). The fraction of sp³-hybridized carbons (Fsp3) is 0.316. The number of hydrogen-bond acceptors (Lipinski definition) is 4. The van der Waals surface area contributed by atoms with Crippen molar-refractivity contribution < 1.29 is 13.6 Å². The van der Waals surface area contributed by atoms with E-state index in [1.54, 1.807) is 12.1 Å². The number of benzene rings is 2. The summed E-state index contributed by atoms with van der Waals surface area (Å²) < 4.78 is 27.5. The Morgan fingerprint density at radius 1 is 1.19 bits per heavy atom. The van der Waals surface area contributed by atoms with Crippen LogP contribution in [0.3, 0.4) is 0 Å². The molecular weight excluding hydrogens is 418 g/mol. The molecular formula is C19H21BrF2N4O. The summed E-state index contributed by atoms with van der Waals surface area (Å²) in [6.45, 7) is 6.48. The zero-order valence-electron chi connectivity index (χ0n) is 14.9. The quantitative estimate of drug-likeness (QED) is 0.714. The number of nitrogens with one attached hydrogen (secondary N) is 1. The third kappa shape index (κ3) is 4.39. The average molecular weight is 439 g/mol. The van der Waals surface area contributed by atoms with Gasteiger partial charge in [0, 0.05) is 48.1 Å². The summed E-state index contributed by atoms with van der Waals surface area (Å²) in [5.74, 6) is -2.07. The molecule has 0 radical (unpaired) electrons. The van der Waals surface area contributed by atoms with E-state index in [1.807, 2.05) is 6.07 Å². The van der Waals surface area contributed by atoms with Crippen LogP contribution in [0.1, 0.15) is 17.3 Å². The molecule has 1 amide bonds. The van der Waals surface area contributed by atoms with Gasteiger partial charge in [-0.15, -0.1) is 0 Å². The average Bonchev–Trinajstić information content (AvgIpc) is 2.64. The maximum absolute atomic E-state index is 14.1. The number of nitrogen functional groups attached to an aromatic ring is 1. The Morgan fingerprint density at radius 3 is 2.52 bits per heavy atom. The lowest BCUT2D eigenvalue weighted by atomic mass is 10.1. The van der Waals surface area contributed by atoms with Gasteiger partial charge in [-0.3, -0.25) is 4.79 Å². The Labute approximate surface area is 165 Å². The summed E-state index contributed by atoms with van der Waals surface area (Å²) >= 11 is 3.09. The molecule has 1 fully saturated rings.